The molecule has 2 rings (SSSR count). The second-order valence-electron chi connectivity index (χ2n) is 4.79. The molecule has 2 amide bonds. The van der Waals surface area contributed by atoms with Crippen LogP contribution in [0.1, 0.15) is 32.1 Å². The summed E-state index contributed by atoms with van der Waals surface area (Å²) >= 11 is 0. The van der Waals surface area contributed by atoms with Crippen molar-refractivity contribution < 1.29 is 4.79 Å². The molecular weight excluding hydrogens is 204 g/mol. The molecule has 0 unspecified atom stereocenters. The number of hydrogen-bond acceptors (Lipinski definition) is 2. The Hall–Kier alpha value is -1.26. The molecule has 1 aliphatic carbocycles. The zero-order valence-corrected chi connectivity index (χ0v) is 9.54. The third kappa shape index (κ3) is 2.46. The van der Waals surface area contributed by atoms with E-state index in [-0.39, 0.29) is 17.8 Å². The molecule has 0 aromatic heterocycles. The van der Waals surface area contributed by atoms with Gasteiger partial charge in [-0.25, -0.2) is 4.79 Å². The maximum absolute atomic E-state index is 11.8. The number of carbonyl (C=O) groups is 1. The molecule has 1 saturated carbocycles. The molecule has 16 heavy (non-hydrogen) atoms. The summed E-state index contributed by atoms with van der Waals surface area (Å²) in [6, 6.07) is 0.463. The Kier molecular flexibility index (Phi) is 3.31. The van der Waals surface area contributed by atoms with E-state index in [1.165, 1.54) is 6.42 Å². The van der Waals surface area contributed by atoms with E-state index in [0.29, 0.717) is 6.04 Å². The highest BCUT2D eigenvalue weighted by Gasteiger charge is 2.27. The summed E-state index contributed by atoms with van der Waals surface area (Å²) in [4.78, 5) is 13.7. The number of nitrogens with two attached hydrogens (primary N) is 1. The molecule has 0 radical (unpaired) electrons. The van der Waals surface area contributed by atoms with Crippen LogP contribution in [-0.2, 0) is 0 Å². The molecule has 0 spiro atoms. The highest BCUT2D eigenvalue weighted by Crippen LogP contribution is 2.20. The van der Waals surface area contributed by atoms with Crippen LogP contribution in [0.2, 0.25) is 0 Å². The molecule has 0 aromatic carbocycles. The Bertz CT molecular complexity index is 280. The maximum Gasteiger partial charge on any atom is 0.317 e. The van der Waals surface area contributed by atoms with Gasteiger partial charge < -0.3 is 16.0 Å². The van der Waals surface area contributed by atoms with Gasteiger partial charge in [-0.05, 0) is 32.1 Å². The van der Waals surface area contributed by atoms with Crippen LogP contribution in [0.15, 0.2) is 0 Å². The number of amides is 2. The maximum atomic E-state index is 11.8. The average molecular weight is 224 g/mol. The number of rotatable bonds is 2. The topological polar surface area (TPSA) is 82.2 Å². The monoisotopic (exact) mass is 224 g/mol. The number of piperidine rings is 1. The minimum Gasteiger partial charge on any atom is -0.387 e. The zero-order valence-electron chi connectivity index (χ0n) is 9.54. The molecule has 5 nitrogen and oxygen atoms in total. The number of hydrogen-bond donors (Lipinski definition) is 3. The number of nitrogens with one attached hydrogen (secondary N) is 2. The summed E-state index contributed by atoms with van der Waals surface area (Å²) < 4.78 is 0. The van der Waals surface area contributed by atoms with Crippen LogP contribution < -0.4 is 11.1 Å². The van der Waals surface area contributed by atoms with E-state index in [1.807, 2.05) is 4.90 Å². The Morgan fingerprint density at radius 1 is 1.25 bits per heavy atom. The Labute approximate surface area is 95.9 Å². The van der Waals surface area contributed by atoms with Crippen LogP contribution in [0, 0.1) is 11.3 Å². The number of amidine groups is 1. The van der Waals surface area contributed by atoms with Gasteiger partial charge in [0.1, 0.15) is 0 Å². The van der Waals surface area contributed by atoms with Crippen molar-refractivity contribution in [1.82, 2.24) is 10.2 Å². The fourth-order valence-corrected chi connectivity index (χ4v) is 2.21. The van der Waals surface area contributed by atoms with Crippen LogP contribution in [0.3, 0.4) is 0 Å². The Balaban J connectivity index is 1.74. The number of nitrogens with zero attached hydrogens (tertiary/aromatic N) is 1. The van der Waals surface area contributed by atoms with Crippen molar-refractivity contribution in [3.8, 4) is 0 Å². The van der Waals surface area contributed by atoms with Crippen LogP contribution >= 0.6 is 0 Å². The van der Waals surface area contributed by atoms with Crippen LogP contribution in [0.25, 0.3) is 0 Å². The summed E-state index contributed by atoms with van der Waals surface area (Å²) in [5.74, 6) is 0.437. The van der Waals surface area contributed by atoms with E-state index in [1.54, 1.807) is 0 Å². The van der Waals surface area contributed by atoms with Gasteiger partial charge in [0.05, 0.1) is 5.84 Å². The Morgan fingerprint density at radius 3 is 2.31 bits per heavy atom. The molecule has 0 atom stereocenters. The van der Waals surface area contributed by atoms with Crippen molar-refractivity contribution in [1.29, 1.82) is 5.41 Å². The van der Waals surface area contributed by atoms with Gasteiger partial charge >= 0.3 is 6.03 Å². The van der Waals surface area contributed by atoms with Gasteiger partial charge in [-0.15, -0.1) is 0 Å². The van der Waals surface area contributed by atoms with E-state index < -0.39 is 0 Å². The highest BCUT2D eigenvalue weighted by atomic mass is 16.2. The lowest BCUT2D eigenvalue weighted by atomic mass is 9.93. The number of likely N-dealkylation sites (tertiary alicyclic amines) is 1. The molecule has 1 aliphatic heterocycles. The van der Waals surface area contributed by atoms with Gasteiger partial charge in [0.25, 0.3) is 0 Å². The first kappa shape index (κ1) is 11.2. The van der Waals surface area contributed by atoms with Crippen molar-refractivity contribution in [2.45, 2.75) is 38.1 Å². The van der Waals surface area contributed by atoms with Crippen molar-refractivity contribution >= 4 is 11.9 Å². The SMILES string of the molecule is N=C(N)C1CCN(C(=O)NC2CCC2)CC1. The second kappa shape index (κ2) is 4.72. The third-order valence-corrected chi connectivity index (χ3v) is 3.65. The standard InChI is InChI=1S/C11H20N4O/c12-10(13)8-4-6-15(7-5-8)11(16)14-9-2-1-3-9/h8-9H,1-7H2,(H3,12,13)(H,14,16). The number of urea groups is 1. The molecule has 0 aromatic rings. The first-order chi connectivity index (χ1) is 7.66. The average Bonchev–Trinajstić information content (AvgIpc) is 2.23. The molecule has 1 saturated heterocycles. The highest BCUT2D eigenvalue weighted by molar-refractivity contribution is 5.80. The fourth-order valence-electron chi connectivity index (χ4n) is 2.21. The molecule has 1 heterocycles. The van der Waals surface area contributed by atoms with Crippen LogP contribution in [-0.4, -0.2) is 35.9 Å². The van der Waals surface area contributed by atoms with E-state index in [2.05, 4.69) is 5.32 Å². The van der Waals surface area contributed by atoms with Gasteiger partial charge in [-0.3, -0.25) is 5.41 Å². The molecule has 5 heteroatoms. The van der Waals surface area contributed by atoms with Crippen molar-refractivity contribution in [3.05, 3.63) is 0 Å². The van der Waals surface area contributed by atoms with Gasteiger partial charge in [0.2, 0.25) is 0 Å². The van der Waals surface area contributed by atoms with E-state index in [9.17, 15) is 4.79 Å². The van der Waals surface area contributed by atoms with Crippen molar-refractivity contribution in [2.24, 2.45) is 11.7 Å². The quantitative estimate of drug-likeness (QED) is 0.481. The van der Waals surface area contributed by atoms with Crippen LogP contribution in [0.5, 0.6) is 0 Å². The minimum atomic E-state index is 0.0618. The molecule has 2 fully saturated rings. The second-order valence-corrected chi connectivity index (χ2v) is 4.79. The summed E-state index contributed by atoms with van der Waals surface area (Å²) in [6.07, 6.45) is 5.13. The lowest BCUT2D eigenvalue weighted by Crippen LogP contribution is -2.50. The van der Waals surface area contributed by atoms with Gasteiger partial charge in [-0.1, -0.05) is 0 Å². The molecule has 90 valence electrons. The largest absolute Gasteiger partial charge is 0.387 e. The minimum absolute atomic E-state index is 0.0618. The number of carbonyl (C=O) groups excluding carboxylic acids is 1. The van der Waals surface area contributed by atoms with Crippen molar-refractivity contribution in [3.63, 3.8) is 0 Å². The first-order valence-corrected chi connectivity index (χ1v) is 6.06. The lowest BCUT2D eigenvalue weighted by Gasteiger charge is -2.34. The van der Waals surface area contributed by atoms with E-state index >= 15 is 0 Å². The predicted molar refractivity (Wildman–Crippen MR) is 62.4 cm³/mol. The van der Waals surface area contributed by atoms with Gasteiger partial charge in [0, 0.05) is 25.0 Å². The van der Waals surface area contributed by atoms with E-state index in [4.69, 9.17) is 11.1 Å². The lowest BCUT2D eigenvalue weighted by molar-refractivity contribution is 0.170. The predicted octanol–water partition coefficient (Wildman–Crippen LogP) is 0.896. The van der Waals surface area contributed by atoms with E-state index in [0.717, 1.165) is 38.8 Å². The normalized spacial score (nSPS) is 22.6. The summed E-state index contributed by atoms with van der Waals surface area (Å²) in [5.41, 5.74) is 5.46. The first-order valence-electron chi connectivity index (χ1n) is 6.06. The molecule has 4 N–H and O–H groups in total. The summed E-state index contributed by atoms with van der Waals surface area (Å²) in [6.45, 7) is 1.45. The third-order valence-electron chi connectivity index (χ3n) is 3.65. The molecule has 2 aliphatic rings. The van der Waals surface area contributed by atoms with Crippen LogP contribution in [0.4, 0.5) is 4.79 Å². The smallest absolute Gasteiger partial charge is 0.317 e. The molecule has 0 bridgehead atoms. The summed E-state index contributed by atoms with van der Waals surface area (Å²) in [5, 5.41) is 10.4. The Morgan fingerprint density at radius 2 is 1.88 bits per heavy atom. The fraction of sp³-hybridized carbons (Fsp3) is 0.818. The molecular formula is C11H20N4O. The zero-order chi connectivity index (χ0) is 11.5. The summed E-state index contributed by atoms with van der Waals surface area (Å²) in [7, 11) is 0. The van der Waals surface area contributed by atoms with Crippen molar-refractivity contribution in [2.75, 3.05) is 13.1 Å². The van der Waals surface area contributed by atoms with Gasteiger partial charge in [-0.2, -0.15) is 0 Å². The van der Waals surface area contributed by atoms with Gasteiger partial charge in [0.15, 0.2) is 0 Å².